The molecule has 0 aliphatic heterocycles. The Balaban J connectivity index is 1.78. The number of anilines is 1. The largest absolute Gasteiger partial charge is 0.380 e. The Hall–Kier alpha value is -1.84. The van der Waals surface area contributed by atoms with Gasteiger partial charge in [-0.1, -0.05) is 42.5 Å². The summed E-state index contributed by atoms with van der Waals surface area (Å²) in [7, 11) is 0. The number of nitrogens with two attached hydrogens (primary N) is 1. The van der Waals surface area contributed by atoms with Gasteiger partial charge in [0.1, 0.15) is 0 Å². The highest BCUT2D eigenvalue weighted by molar-refractivity contribution is 7.17. The van der Waals surface area contributed by atoms with Crippen molar-refractivity contribution >= 4 is 27.1 Å². The van der Waals surface area contributed by atoms with Crippen molar-refractivity contribution in [2.24, 2.45) is 5.73 Å². The van der Waals surface area contributed by atoms with E-state index in [9.17, 15) is 0 Å². The Kier molecular flexibility index (Phi) is 3.49. The second-order valence-corrected chi connectivity index (χ2v) is 5.43. The quantitative estimate of drug-likeness (QED) is 0.751. The molecule has 3 heteroatoms. The lowest BCUT2D eigenvalue weighted by molar-refractivity contribution is 1.05. The summed E-state index contributed by atoms with van der Waals surface area (Å²) in [6.45, 7) is 1.42. The van der Waals surface area contributed by atoms with E-state index in [-0.39, 0.29) is 0 Å². The molecule has 0 bridgehead atoms. The minimum absolute atomic E-state index is 0.592. The fourth-order valence-corrected chi connectivity index (χ4v) is 3.10. The minimum atomic E-state index is 0.592. The molecule has 1 aromatic heterocycles. The molecule has 2 nitrogen and oxygen atoms in total. The maximum Gasteiger partial charge on any atom is 0.0531 e. The van der Waals surface area contributed by atoms with Gasteiger partial charge < -0.3 is 11.1 Å². The molecule has 0 unspecified atom stereocenters. The van der Waals surface area contributed by atoms with Gasteiger partial charge in [0.05, 0.1) is 5.69 Å². The third-order valence-electron chi connectivity index (χ3n) is 3.19. The molecular weight excluding hydrogens is 252 g/mol. The van der Waals surface area contributed by atoms with E-state index in [1.165, 1.54) is 26.9 Å². The highest BCUT2D eigenvalue weighted by atomic mass is 32.1. The summed E-state index contributed by atoms with van der Waals surface area (Å²) in [5.74, 6) is 0. The molecule has 0 saturated heterocycles. The predicted octanol–water partition coefficient (Wildman–Crippen LogP) is 3.97. The summed E-state index contributed by atoms with van der Waals surface area (Å²) in [4.78, 5) is 0. The third kappa shape index (κ3) is 2.62. The highest BCUT2D eigenvalue weighted by Crippen LogP contribution is 2.30. The number of fused-ring (bicyclic) bond motifs is 1. The predicted molar refractivity (Wildman–Crippen MR) is 83.5 cm³/mol. The first-order valence-corrected chi connectivity index (χ1v) is 7.23. The standard InChI is InChI=1S/C16H16N2S/c17-9-12-4-3-5-13(8-12)10-18-15-11-19-16-7-2-1-6-14(15)16/h1-8,11,18H,9-10,17H2. The number of hydrogen-bond acceptors (Lipinski definition) is 3. The molecule has 0 saturated carbocycles. The van der Waals surface area contributed by atoms with E-state index in [0.29, 0.717) is 6.54 Å². The first-order valence-electron chi connectivity index (χ1n) is 6.35. The molecular formula is C16H16N2S. The van der Waals surface area contributed by atoms with Crippen molar-refractivity contribution in [2.45, 2.75) is 13.1 Å². The molecule has 96 valence electrons. The normalized spacial score (nSPS) is 10.8. The Morgan fingerprint density at radius 1 is 1.00 bits per heavy atom. The van der Waals surface area contributed by atoms with Gasteiger partial charge in [-0.05, 0) is 17.2 Å². The molecule has 0 atom stereocenters. The van der Waals surface area contributed by atoms with Crippen molar-refractivity contribution in [1.29, 1.82) is 0 Å². The average molecular weight is 268 g/mol. The van der Waals surface area contributed by atoms with Crippen LogP contribution in [0.25, 0.3) is 10.1 Å². The molecule has 0 fully saturated rings. The average Bonchev–Trinajstić information content (AvgIpc) is 2.89. The van der Waals surface area contributed by atoms with Crippen LogP contribution in [0, 0.1) is 0 Å². The molecule has 19 heavy (non-hydrogen) atoms. The van der Waals surface area contributed by atoms with Crippen molar-refractivity contribution in [3.63, 3.8) is 0 Å². The van der Waals surface area contributed by atoms with Gasteiger partial charge in [-0.2, -0.15) is 0 Å². The highest BCUT2D eigenvalue weighted by Gasteiger charge is 2.02. The van der Waals surface area contributed by atoms with Crippen molar-refractivity contribution in [2.75, 3.05) is 5.32 Å². The first-order chi connectivity index (χ1) is 9.36. The smallest absolute Gasteiger partial charge is 0.0531 e. The van der Waals surface area contributed by atoms with E-state index >= 15 is 0 Å². The van der Waals surface area contributed by atoms with Gasteiger partial charge in [0.2, 0.25) is 0 Å². The summed E-state index contributed by atoms with van der Waals surface area (Å²) in [5.41, 5.74) is 9.31. The third-order valence-corrected chi connectivity index (χ3v) is 4.15. The molecule has 0 aliphatic rings. The summed E-state index contributed by atoms with van der Waals surface area (Å²) in [6, 6.07) is 16.9. The van der Waals surface area contributed by atoms with Crippen molar-refractivity contribution < 1.29 is 0 Å². The summed E-state index contributed by atoms with van der Waals surface area (Å²) in [6.07, 6.45) is 0. The summed E-state index contributed by atoms with van der Waals surface area (Å²) < 4.78 is 1.32. The molecule has 1 heterocycles. The van der Waals surface area contributed by atoms with Crippen LogP contribution in [0.4, 0.5) is 5.69 Å². The van der Waals surface area contributed by atoms with Gasteiger partial charge >= 0.3 is 0 Å². The number of hydrogen-bond donors (Lipinski definition) is 2. The molecule has 0 radical (unpaired) electrons. The zero-order valence-electron chi connectivity index (χ0n) is 10.6. The first kappa shape index (κ1) is 12.2. The van der Waals surface area contributed by atoms with Crippen LogP contribution in [0.15, 0.2) is 53.9 Å². The molecule has 0 aliphatic carbocycles. The topological polar surface area (TPSA) is 38.0 Å². The zero-order chi connectivity index (χ0) is 13.1. The van der Waals surface area contributed by atoms with Crippen LogP contribution < -0.4 is 11.1 Å². The number of nitrogens with one attached hydrogen (secondary N) is 1. The fourth-order valence-electron chi connectivity index (χ4n) is 2.18. The van der Waals surface area contributed by atoms with Gasteiger partial charge in [0.15, 0.2) is 0 Å². The Morgan fingerprint density at radius 2 is 1.84 bits per heavy atom. The van der Waals surface area contributed by atoms with Gasteiger partial charge in [-0.15, -0.1) is 11.3 Å². The lowest BCUT2D eigenvalue weighted by Crippen LogP contribution is -2.01. The van der Waals surface area contributed by atoms with Crippen molar-refractivity contribution in [1.82, 2.24) is 0 Å². The number of rotatable bonds is 4. The van der Waals surface area contributed by atoms with Crippen LogP contribution in [-0.4, -0.2) is 0 Å². The maximum atomic E-state index is 5.67. The summed E-state index contributed by atoms with van der Waals surface area (Å²) in [5, 5.41) is 6.98. The van der Waals surface area contributed by atoms with Crippen molar-refractivity contribution in [3.05, 3.63) is 65.0 Å². The van der Waals surface area contributed by atoms with E-state index in [2.05, 4.69) is 59.2 Å². The maximum absolute atomic E-state index is 5.67. The zero-order valence-corrected chi connectivity index (χ0v) is 11.4. The van der Waals surface area contributed by atoms with Gasteiger partial charge in [-0.3, -0.25) is 0 Å². The van der Waals surface area contributed by atoms with E-state index in [4.69, 9.17) is 5.73 Å². The molecule has 3 rings (SSSR count). The van der Waals surface area contributed by atoms with Gasteiger partial charge in [0, 0.05) is 28.6 Å². The van der Waals surface area contributed by atoms with E-state index < -0.39 is 0 Å². The molecule has 0 amide bonds. The van der Waals surface area contributed by atoms with Crippen molar-refractivity contribution in [3.8, 4) is 0 Å². The van der Waals surface area contributed by atoms with Gasteiger partial charge in [0.25, 0.3) is 0 Å². The SMILES string of the molecule is NCc1cccc(CNc2csc3ccccc23)c1. The second kappa shape index (κ2) is 5.43. The van der Waals surface area contributed by atoms with E-state index in [1.807, 2.05) is 0 Å². The lowest BCUT2D eigenvalue weighted by Gasteiger charge is -2.06. The Morgan fingerprint density at radius 3 is 2.74 bits per heavy atom. The molecule has 3 aromatic rings. The number of thiophene rings is 1. The fraction of sp³-hybridized carbons (Fsp3) is 0.125. The Labute approximate surface area is 116 Å². The van der Waals surface area contributed by atoms with Crippen LogP contribution in [-0.2, 0) is 13.1 Å². The minimum Gasteiger partial charge on any atom is -0.380 e. The van der Waals surface area contributed by atoms with Gasteiger partial charge in [-0.25, -0.2) is 0 Å². The molecule has 0 spiro atoms. The second-order valence-electron chi connectivity index (χ2n) is 4.52. The van der Waals surface area contributed by atoms with Crippen LogP contribution in [0.5, 0.6) is 0 Å². The lowest BCUT2D eigenvalue weighted by atomic mass is 10.1. The monoisotopic (exact) mass is 268 g/mol. The number of benzene rings is 2. The van der Waals surface area contributed by atoms with Crippen LogP contribution in [0.2, 0.25) is 0 Å². The van der Waals surface area contributed by atoms with Crippen LogP contribution in [0.3, 0.4) is 0 Å². The molecule has 2 aromatic carbocycles. The summed E-state index contributed by atoms with van der Waals surface area (Å²) >= 11 is 1.77. The van der Waals surface area contributed by atoms with Crippen LogP contribution >= 0.6 is 11.3 Å². The Bertz CT molecular complexity index is 688. The van der Waals surface area contributed by atoms with E-state index in [0.717, 1.165) is 6.54 Å². The van der Waals surface area contributed by atoms with E-state index in [1.54, 1.807) is 11.3 Å². The van der Waals surface area contributed by atoms with Crippen LogP contribution in [0.1, 0.15) is 11.1 Å². The molecule has 3 N–H and O–H groups in total.